The maximum atomic E-state index is 4.93. The molecule has 0 radical (unpaired) electrons. The molecule has 0 amide bonds. The molecule has 0 unspecified atom stereocenters. The quantitative estimate of drug-likeness (QED) is 0.187. The van der Waals surface area contributed by atoms with E-state index in [1.54, 1.807) is 6.20 Å². The summed E-state index contributed by atoms with van der Waals surface area (Å²) in [7, 11) is 0. The second-order valence-corrected chi connectivity index (χ2v) is 12.2. The predicted octanol–water partition coefficient (Wildman–Crippen LogP) is 9.86. The Kier molecular flexibility index (Phi) is 6.35. The maximum Gasteiger partial charge on any atom is 0.168 e. The van der Waals surface area contributed by atoms with Gasteiger partial charge in [0.1, 0.15) is 0 Å². The molecule has 234 valence electrons. The molecular formula is C43H27N7. The summed E-state index contributed by atoms with van der Waals surface area (Å²) in [6.45, 7) is 0. The number of benzene rings is 6. The van der Waals surface area contributed by atoms with E-state index < -0.39 is 0 Å². The van der Waals surface area contributed by atoms with Gasteiger partial charge in [-0.2, -0.15) is 5.10 Å². The zero-order valence-corrected chi connectivity index (χ0v) is 26.7. The van der Waals surface area contributed by atoms with Crippen molar-refractivity contribution in [3.05, 3.63) is 164 Å². The minimum atomic E-state index is 0.613. The zero-order chi connectivity index (χ0) is 33.0. The van der Waals surface area contributed by atoms with E-state index >= 15 is 0 Å². The number of hydrogen-bond donors (Lipinski definition) is 0. The lowest BCUT2D eigenvalue weighted by atomic mass is 10.1. The second-order valence-electron chi connectivity index (χ2n) is 12.2. The predicted molar refractivity (Wildman–Crippen MR) is 200 cm³/mol. The van der Waals surface area contributed by atoms with E-state index in [0.717, 1.165) is 61.0 Å². The molecule has 50 heavy (non-hydrogen) atoms. The number of para-hydroxylation sites is 2. The highest BCUT2D eigenvalue weighted by atomic mass is 15.2. The minimum absolute atomic E-state index is 0.613. The Morgan fingerprint density at radius 3 is 1.50 bits per heavy atom. The molecule has 0 spiro atoms. The van der Waals surface area contributed by atoms with Crippen molar-refractivity contribution < 1.29 is 0 Å². The lowest BCUT2D eigenvalue weighted by molar-refractivity contribution is 1.02. The summed E-state index contributed by atoms with van der Waals surface area (Å²) in [5, 5.41) is 13.6. The van der Waals surface area contributed by atoms with Gasteiger partial charge >= 0.3 is 0 Å². The number of hydrogen-bond acceptors (Lipinski definition) is 5. The van der Waals surface area contributed by atoms with Crippen LogP contribution in [0.5, 0.6) is 0 Å². The largest absolute Gasteiger partial charge is 0.309 e. The van der Waals surface area contributed by atoms with Crippen molar-refractivity contribution in [1.82, 2.24) is 34.3 Å². The molecule has 10 rings (SSSR count). The van der Waals surface area contributed by atoms with Gasteiger partial charge in [-0.15, -0.1) is 5.10 Å². The van der Waals surface area contributed by atoms with E-state index in [0.29, 0.717) is 17.5 Å². The molecule has 6 aromatic carbocycles. The van der Waals surface area contributed by atoms with Crippen LogP contribution >= 0.6 is 0 Å². The second kappa shape index (κ2) is 11.3. The molecule has 4 aromatic heterocycles. The Morgan fingerprint density at radius 1 is 0.360 bits per heavy atom. The van der Waals surface area contributed by atoms with Gasteiger partial charge in [-0.25, -0.2) is 15.0 Å². The van der Waals surface area contributed by atoms with E-state index in [-0.39, 0.29) is 0 Å². The van der Waals surface area contributed by atoms with Gasteiger partial charge in [0.15, 0.2) is 23.1 Å². The van der Waals surface area contributed by atoms with Crippen LogP contribution in [0, 0.1) is 0 Å². The molecule has 0 aliphatic rings. The Labute approximate surface area is 286 Å². The van der Waals surface area contributed by atoms with Crippen LogP contribution in [0.3, 0.4) is 0 Å². The van der Waals surface area contributed by atoms with Crippen LogP contribution in [0.15, 0.2) is 164 Å². The third kappa shape index (κ3) is 4.41. The number of aromatic nitrogens is 7. The fraction of sp³-hybridized carbons (Fsp3) is 0. The van der Waals surface area contributed by atoms with Gasteiger partial charge in [0.25, 0.3) is 0 Å². The molecule has 4 heterocycles. The third-order valence-corrected chi connectivity index (χ3v) is 9.34. The van der Waals surface area contributed by atoms with Crippen LogP contribution in [0.2, 0.25) is 0 Å². The van der Waals surface area contributed by atoms with Crippen LogP contribution in [0.4, 0.5) is 0 Å². The molecular weight excluding hydrogens is 615 g/mol. The van der Waals surface area contributed by atoms with E-state index in [1.807, 2.05) is 60.7 Å². The van der Waals surface area contributed by atoms with Gasteiger partial charge in [0, 0.05) is 49.6 Å². The SMILES string of the molecule is c1ccc(-c2nc(-c3ccccc3)nc(-c3ccc(-n4c5ccc6c(c7ccccc7n6-c6ccccc6)c5c5ccnnc54)cc3)n2)cc1. The number of nitrogens with zero attached hydrogens (tertiary/aromatic N) is 7. The Balaban J connectivity index is 1.16. The van der Waals surface area contributed by atoms with Crippen LogP contribution in [0.1, 0.15) is 0 Å². The standard InChI is InChI=1S/C43H27N7/c1-4-12-28(13-5-1)40-45-41(29-14-6-2-7-15-29)47-42(46-40)30-20-22-32(23-21-30)50-37-25-24-36-38(39(37)34-26-27-44-48-43(34)50)33-18-10-11-19-35(33)49(36)31-16-8-3-9-17-31/h1-27H. The normalized spacial score (nSPS) is 11.6. The van der Waals surface area contributed by atoms with E-state index in [2.05, 4.69) is 111 Å². The van der Waals surface area contributed by atoms with Crippen molar-refractivity contribution in [3.8, 4) is 45.5 Å². The lowest BCUT2D eigenvalue weighted by Crippen LogP contribution is -2.00. The molecule has 0 bridgehead atoms. The molecule has 0 fully saturated rings. The first-order chi connectivity index (χ1) is 24.8. The first-order valence-corrected chi connectivity index (χ1v) is 16.5. The topological polar surface area (TPSA) is 74.3 Å². The average Bonchev–Trinajstić information content (AvgIpc) is 3.72. The third-order valence-electron chi connectivity index (χ3n) is 9.34. The van der Waals surface area contributed by atoms with Crippen molar-refractivity contribution in [2.24, 2.45) is 0 Å². The van der Waals surface area contributed by atoms with Crippen molar-refractivity contribution in [2.75, 3.05) is 0 Å². The first kappa shape index (κ1) is 28.1. The summed E-state index contributed by atoms with van der Waals surface area (Å²) in [6, 6.07) is 54.1. The van der Waals surface area contributed by atoms with Crippen molar-refractivity contribution in [3.63, 3.8) is 0 Å². The Bertz CT molecular complexity index is 2780. The zero-order valence-electron chi connectivity index (χ0n) is 26.7. The van der Waals surface area contributed by atoms with E-state index in [1.165, 1.54) is 10.8 Å². The maximum absolute atomic E-state index is 4.93. The van der Waals surface area contributed by atoms with Crippen molar-refractivity contribution in [1.29, 1.82) is 0 Å². The smallest absolute Gasteiger partial charge is 0.168 e. The van der Waals surface area contributed by atoms with Crippen LogP contribution < -0.4 is 0 Å². The van der Waals surface area contributed by atoms with Crippen LogP contribution in [-0.4, -0.2) is 34.3 Å². The lowest BCUT2D eigenvalue weighted by Gasteiger charge is -2.10. The van der Waals surface area contributed by atoms with Gasteiger partial charge in [-0.3, -0.25) is 4.57 Å². The minimum Gasteiger partial charge on any atom is -0.309 e. The first-order valence-electron chi connectivity index (χ1n) is 16.5. The van der Waals surface area contributed by atoms with Crippen LogP contribution in [0.25, 0.3) is 89.3 Å². The summed E-state index contributed by atoms with van der Waals surface area (Å²) in [5.41, 5.74) is 9.05. The number of fused-ring (bicyclic) bond motifs is 7. The summed E-state index contributed by atoms with van der Waals surface area (Å²) in [4.78, 5) is 14.7. The summed E-state index contributed by atoms with van der Waals surface area (Å²) in [5.74, 6) is 1.88. The van der Waals surface area contributed by atoms with Gasteiger partial charge < -0.3 is 4.57 Å². The fourth-order valence-electron chi connectivity index (χ4n) is 7.12. The monoisotopic (exact) mass is 641 g/mol. The van der Waals surface area contributed by atoms with E-state index in [9.17, 15) is 0 Å². The van der Waals surface area contributed by atoms with Gasteiger partial charge in [0.2, 0.25) is 0 Å². The summed E-state index contributed by atoms with van der Waals surface area (Å²) >= 11 is 0. The fourth-order valence-corrected chi connectivity index (χ4v) is 7.12. The average molecular weight is 642 g/mol. The molecule has 10 aromatic rings. The summed E-state index contributed by atoms with van der Waals surface area (Å²) < 4.78 is 4.55. The molecule has 0 aliphatic heterocycles. The molecule has 7 heteroatoms. The van der Waals surface area contributed by atoms with Gasteiger partial charge in [-0.05, 0) is 60.7 Å². The molecule has 0 aliphatic carbocycles. The van der Waals surface area contributed by atoms with Gasteiger partial charge in [-0.1, -0.05) is 97.1 Å². The molecule has 0 saturated carbocycles. The Hall–Kier alpha value is -6.99. The number of rotatable bonds is 5. The molecule has 0 N–H and O–H groups in total. The molecule has 0 saturated heterocycles. The Morgan fingerprint density at radius 2 is 0.860 bits per heavy atom. The highest BCUT2D eigenvalue weighted by molar-refractivity contribution is 6.28. The van der Waals surface area contributed by atoms with Crippen LogP contribution in [-0.2, 0) is 0 Å². The highest BCUT2D eigenvalue weighted by Crippen LogP contribution is 2.41. The molecule has 0 atom stereocenters. The highest BCUT2D eigenvalue weighted by Gasteiger charge is 2.21. The summed E-state index contributed by atoms with van der Waals surface area (Å²) in [6.07, 6.45) is 1.78. The van der Waals surface area contributed by atoms with Gasteiger partial charge in [0.05, 0.1) is 22.7 Å². The van der Waals surface area contributed by atoms with Crippen molar-refractivity contribution >= 4 is 43.7 Å². The van der Waals surface area contributed by atoms with Crippen molar-refractivity contribution in [2.45, 2.75) is 0 Å². The van der Waals surface area contributed by atoms with E-state index in [4.69, 9.17) is 20.1 Å². The molecule has 7 nitrogen and oxygen atoms in total.